The normalized spacial score (nSPS) is 12.2. The number of ketones is 1. The Hall–Kier alpha value is -1.02. The third-order valence-corrected chi connectivity index (χ3v) is 2.73. The minimum absolute atomic E-state index is 0.229. The fourth-order valence-corrected chi connectivity index (χ4v) is 2.08. The first-order valence-corrected chi connectivity index (χ1v) is 5.72. The number of hydrogen-bond acceptors (Lipinski definition) is 2. The van der Waals surface area contributed by atoms with E-state index in [2.05, 4.69) is 6.92 Å². The maximum Gasteiger partial charge on any atom is 0.137 e. The molecule has 16 heavy (non-hydrogen) atoms. The molecule has 2 nitrogen and oxygen atoms in total. The summed E-state index contributed by atoms with van der Waals surface area (Å²) >= 11 is 6.03. The lowest BCUT2D eigenvalue weighted by molar-refractivity contribution is -0.117. The van der Waals surface area contributed by atoms with Crippen LogP contribution in [-0.4, -0.2) is 12.9 Å². The minimum atomic E-state index is 0.229. The van der Waals surface area contributed by atoms with Gasteiger partial charge >= 0.3 is 0 Å². The maximum atomic E-state index is 11.0. The van der Waals surface area contributed by atoms with Crippen molar-refractivity contribution in [2.45, 2.75) is 26.7 Å². The van der Waals surface area contributed by atoms with E-state index in [1.807, 2.05) is 18.2 Å². The molecule has 0 spiro atoms. The van der Waals surface area contributed by atoms with Crippen LogP contribution < -0.4 is 4.74 Å². The van der Waals surface area contributed by atoms with Gasteiger partial charge in [0.05, 0.1) is 12.1 Å². The van der Waals surface area contributed by atoms with E-state index in [0.717, 1.165) is 12.0 Å². The first kappa shape index (κ1) is 13.0. The van der Waals surface area contributed by atoms with Gasteiger partial charge in [-0.15, -0.1) is 0 Å². The quantitative estimate of drug-likeness (QED) is 0.787. The number of carbonyl (C=O) groups excluding carboxylic acids is 1. The van der Waals surface area contributed by atoms with Crippen molar-refractivity contribution >= 4 is 17.4 Å². The molecule has 1 rings (SSSR count). The fourth-order valence-electron chi connectivity index (χ4n) is 1.80. The zero-order chi connectivity index (χ0) is 12.1. The minimum Gasteiger partial charge on any atom is -0.495 e. The number of carbonyl (C=O) groups is 1. The van der Waals surface area contributed by atoms with Crippen molar-refractivity contribution in [1.29, 1.82) is 0 Å². The first-order valence-electron chi connectivity index (χ1n) is 5.34. The fraction of sp³-hybridized carbons (Fsp3) is 0.462. The van der Waals surface area contributed by atoms with Crippen LogP contribution in [0.5, 0.6) is 5.75 Å². The van der Waals surface area contributed by atoms with Crippen LogP contribution in [0.15, 0.2) is 18.2 Å². The molecule has 0 saturated carbocycles. The van der Waals surface area contributed by atoms with Crippen LogP contribution in [0.3, 0.4) is 0 Å². The number of hydrogen-bond donors (Lipinski definition) is 0. The Kier molecular flexibility index (Phi) is 4.81. The average molecular weight is 241 g/mol. The van der Waals surface area contributed by atoms with E-state index < -0.39 is 0 Å². The molecule has 0 saturated heterocycles. The molecule has 0 N–H and O–H groups in total. The molecule has 0 aliphatic carbocycles. The zero-order valence-electron chi connectivity index (χ0n) is 9.92. The Morgan fingerprint density at radius 3 is 2.69 bits per heavy atom. The predicted octanol–water partition coefficient (Wildman–Crippen LogP) is 3.51. The third kappa shape index (κ3) is 3.86. The highest BCUT2D eigenvalue weighted by molar-refractivity contribution is 6.32. The van der Waals surface area contributed by atoms with E-state index in [1.165, 1.54) is 0 Å². The van der Waals surface area contributed by atoms with E-state index in [1.54, 1.807) is 14.0 Å². The van der Waals surface area contributed by atoms with E-state index in [4.69, 9.17) is 16.3 Å². The van der Waals surface area contributed by atoms with Crippen molar-refractivity contribution in [3.05, 3.63) is 28.8 Å². The van der Waals surface area contributed by atoms with Gasteiger partial charge in [0.2, 0.25) is 0 Å². The van der Waals surface area contributed by atoms with E-state index in [0.29, 0.717) is 23.1 Å². The van der Waals surface area contributed by atoms with Crippen LogP contribution in [-0.2, 0) is 11.2 Å². The lowest BCUT2D eigenvalue weighted by Gasteiger charge is -2.10. The van der Waals surface area contributed by atoms with Gasteiger partial charge in [-0.05, 0) is 37.0 Å². The summed E-state index contributed by atoms with van der Waals surface area (Å²) in [6.07, 6.45) is 1.48. The van der Waals surface area contributed by atoms with Gasteiger partial charge in [0.25, 0.3) is 0 Å². The molecule has 0 amide bonds. The molecule has 1 atom stereocenters. The van der Waals surface area contributed by atoms with Crippen LogP contribution in [0.1, 0.15) is 25.8 Å². The summed E-state index contributed by atoms with van der Waals surface area (Å²) in [6, 6.07) is 5.75. The molecule has 0 aliphatic heterocycles. The van der Waals surface area contributed by atoms with Crippen molar-refractivity contribution in [2.24, 2.45) is 5.92 Å². The average Bonchev–Trinajstić information content (AvgIpc) is 2.16. The number of ether oxygens (including phenoxy) is 1. The monoisotopic (exact) mass is 240 g/mol. The van der Waals surface area contributed by atoms with Crippen LogP contribution in [0.25, 0.3) is 0 Å². The largest absolute Gasteiger partial charge is 0.495 e. The molecule has 3 heteroatoms. The van der Waals surface area contributed by atoms with Crippen LogP contribution in [0.2, 0.25) is 5.02 Å². The molecular formula is C13H17ClO2. The molecular weight excluding hydrogens is 224 g/mol. The first-order chi connectivity index (χ1) is 7.52. The summed E-state index contributed by atoms with van der Waals surface area (Å²) in [4.78, 5) is 11.0. The van der Waals surface area contributed by atoms with E-state index >= 15 is 0 Å². The lowest BCUT2D eigenvalue weighted by atomic mass is 9.96. The van der Waals surface area contributed by atoms with Gasteiger partial charge in [0.1, 0.15) is 11.5 Å². The third-order valence-electron chi connectivity index (χ3n) is 2.44. The number of benzene rings is 1. The topological polar surface area (TPSA) is 26.3 Å². The van der Waals surface area contributed by atoms with Gasteiger partial charge in [-0.25, -0.2) is 0 Å². The molecule has 0 aliphatic rings. The highest BCUT2D eigenvalue weighted by Gasteiger charge is 2.08. The lowest BCUT2D eigenvalue weighted by Crippen LogP contribution is -2.05. The molecule has 1 unspecified atom stereocenters. The van der Waals surface area contributed by atoms with Crippen molar-refractivity contribution in [1.82, 2.24) is 0 Å². The smallest absolute Gasteiger partial charge is 0.137 e. The van der Waals surface area contributed by atoms with Crippen LogP contribution in [0.4, 0.5) is 0 Å². The second-order valence-electron chi connectivity index (χ2n) is 4.18. The highest BCUT2D eigenvalue weighted by atomic mass is 35.5. The number of rotatable bonds is 5. The Labute approximate surface area is 102 Å². The van der Waals surface area contributed by atoms with E-state index in [9.17, 15) is 4.79 Å². The Bertz CT molecular complexity index is 374. The Morgan fingerprint density at radius 2 is 2.19 bits per heavy atom. The maximum absolute atomic E-state index is 11.0. The second-order valence-corrected chi connectivity index (χ2v) is 4.59. The van der Waals surface area contributed by atoms with Crippen LogP contribution in [0, 0.1) is 5.92 Å². The molecule has 0 bridgehead atoms. The van der Waals surface area contributed by atoms with Gasteiger partial charge < -0.3 is 9.53 Å². The predicted molar refractivity (Wildman–Crippen MR) is 66.2 cm³/mol. The molecule has 0 fully saturated rings. The highest BCUT2D eigenvalue weighted by Crippen LogP contribution is 2.26. The summed E-state index contributed by atoms with van der Waals surface area (Å²) < 4.78 is 5.08. The number of methoxy groups -OCH3 is 1. The van der Waals surface area contributed by atoms with Gasteiger partial charge in [-0.3, -0.25) is 0 Å². The molecule has 1 aromatic rings. The number of Topliss-reactive ketones (excluding diaryl/α,β-unsaturated/α-hetero) is 1. The van der Waals surface area contributed by atoms with Gasteiger partial charge in [-0.1, -0.05) is 24.6 Å². The van der Waals surface area contributed by atoms with Crippen LogP contribution >= 0.6 is 11.6 Å². The molecule has 1 aromatic carbocycles. The standard InChI is InChI=1S/C13H17ClO2/c1-9(6-10(2)15)7-11-4-5-13(16-3)12(14)8-11/h4-5,8-9H,6-7H2,1-3H3. The second kappa shape index (κ2) is 5.90. The van der Waals surface area contributed by atoms with Gasteiger partial charge in [-0.2, -0.15) is 0 Å². The summed E-state index contributed by atoms with van der Waals surface area (Å²) in [5.74, 6) is 1.26. The Morgan fingerprint density at radius 1 is 1.50 bits per heavy atom. The molecule has 0 radical (unpaired) electrons. The molecule has 88 valence electrons. The van der Waals surface area contributed by atoms with Crippen molar-refractivity contribution in [3.8, 4) is 5.75 Å². The summed E-state index contributed by atoms with van der Waals surface area (Å²) in [5.41, 5.74) is 1.14. The van der Waals surface area contributed by atoms with Gasteiger partial charge in [0, 0.05) is 6.42 Å². The van der Waals surface area contributed by atoms with E-state index in [-0.39, 0.29) is 5.78 Å². The van der Waals surface area contributed by atoms with Crippen molar-refractivity contribution in [2.75, 3.05) is 7.11 Å². The summed E-state index contributed by atoms with van der Waals surface area (Å²) in [5, 5.41) is 0.620. The summed E-state index contributed by atoms with van der Waals surface area (Å²) in [6.45, 7) is 3.69. The zero-order valence-corrected chi connectivity index (χ0v) is 10.7. The number of halogens is 1. The molecule has 0 heterocycles. The Balaban J connectivity index is 2.67. The SMILES string of the molecule is COc1ccc(CC(C)CC(C)=O)cc1Cl. The van der Waals surface area contributed by atoms with Crippen molar-refractivity contribution in [3.63, 3.8) is 0 Å². The van der Waals surface area contributed by atoms with Gasteiger partial charge in [0.15, 0.2) is 0 Å². The van der Waals surface area contributed by atoms with Crippen molar-refractivity contribution < 1.29 is 9.53 Å². The molecule has 0 aromatic heterocycles. The summed E-state index contributed by atoms with van der Waals surface area (Å²) in [7, 11) is 1.60.